The van der Waals surface area contributed by atoms with E-state index in [1.807, 2.05) is 37.4 Å². The maximum absolute atomic E-state index is 11.7. The molecule has 2 aromatic rings. The van der Waals surface area contributed by atoms with Crippen molar-refractivity contribution in [1.82, 2.24) is 20.2 Å². The Kier molecular flexibility index (Phi) is 5.46. The number of carbonyl (C=O) groups excluding carboxylic acids is 1. The van der Waals surface area contributed by atoms with E-state index in [2.05, 4.69) is 20.6 Å². The molecule has 7 heteroatoms. The monoisotopic (exact) mass is 307 g/mol. The summed E-state index contributed by atoms with van der Waals surface area (Å²) < 4.78 is 0. The smallest absolute Gasteiger partial charge is 0.234 e. The lowest BCUT2D eigenvalue weighted by molar-refractivity contribution is -0.122. The summed E-state index contributed by atoms with van der Waals surface area (Å²) in [6, 6.07) is 2.01. The van der Waals surface area contributed by atoms with Gasteiger partial charge in [-0.2, -0.15) is 0 Å². The molecule has 0 saturated carbocycles. The van der Waals surface area contributed by atoms with Crippen LogP contribution in [0.4, 0.5) is 5.82 Å². The van der Waals surface area contributed by atoms with Crippen LogP contribution in [0, 0.1) is 0 Å². The topological polar surface area (TPSA) is 70.2 Å². The second-order valence-electron chi connectivity index (χ2n) is 4.90. The van der Waals surface area contributed by atoms with E-state index in [-0.39, 0.29) is 5.91 Å². The zero-order valence-corrected chi connectivity index (χ0v) is 13.5. The number of anilines is 1. The van der Waals surface area contributed by atoms with E-state index in [4.69, 9.17) is 0 Å². The van der Waals surface area contributed by atoms with Gasteiger partial charge in [0.1, 0.15) is 16.5 Å². The molecule has 2 rings (SSSR count). The number of thiophene rings is 1. The van der Waals surface area contributed by atoms with Crippen molar-refractivity contribution in [3.8, 4) is 0 Å². The second-order valence-corrected chi connectivity index (χ2v) is 5.79. The van der Waals surface area contributed by atoms with Crippen molar-refractivity contribution in [2.75, 3.05) is 32.5 Å². The SMILES string of the molecule is CCCNC(=O)CN(C)Cc1nc(NC)c2ccsc2n1. The Morgan fingerprint density at radius 2 is 2.24 bits per heavy atom. The van der Waals surface area contributed by atoms with E-state index >= 15 is 0 Å². The van der Waals surface area contributed by atoms with Gasteiger partial charge in [-0.15, -0.1) is 11.3 Å². The zero-order chi connectivity index (χ0) is 15.2. The van der Waals surface area contributed by atoms with Crippen molar-refractivity contribution in [2.24, 2.45) is 0 Å². The fraction of sp³-hybridized carbons (Fsp3) is 0.500. The molecule has 0 aliphatic heterocycles. The minimum absolute atomic E-state index is 0.0328. The molecule has 0 radical (unpaired) electrons. The van der Waals surface area contributed by atoms with Crippen LogP contribution in [0.3, 0.4) is 0 Å². The number of nitrogens with one attached hydrogen (secondary N) is 2. The van der Waals surface area contributed by atoms with Gasteiger partial charge in [-0.25, -0.2) is 9.97 Å². The summed E-state index contributed by atoms with van der Waals surface area (Å²) in [5.74, 6) is 1.59. The minimum atomic E-state index is 0.0328. The molecule has 21 heavy (non-hydrogen) atoms. The molecule has 0 atom stereocenters. The highest BCUT2D eigenvalue weighted by Crippen LogP contribution is 2.24. The fourth-order valence-corrected chi connectivity index (χ4v) is 2.81. The molecule has 1 amide bonds. The lowest BCUT2D eigenvalue weighted by atomic mass is 10.3. The molecule has 0 bridgehead atoms. The first-order chi connectivity index (χ1) is 10.1. The lowest BCUT2D eigenvalue weighted by Gasteiger charge is -2.15. The first kappa shape index (κ1) is 15.7. The molecule has 0 aromatic carbocycles. The molecule has 6 nitrogen and oxygen atoms in total. The maximum Gasteiger partial charge on any atom is 0.234 e. The first-order valence-electron chi connectivity index (χ1n) is 7.01. The normalized spacial score (nSPS) is 11.0. The molecular formula is C14H21N5OS. The molecule has 0 aliphatic carbocycles. The highest BCUT2D eigenvalue weighted by Gasteiger charge is 2.11. The van der Waals surface area contributed by atoms with E-state index in [1.165, 1.54) is 0 Å². The Labute approximate surface area is 128 Å². The number of hydrogen-bond donors (Lipinski definition) is 2. The van der Waals surface area contributed by atoms with Crippen LogP contribution in [0.15, 0.2) is 11.4 Å². The van der Waals surface area contributed by atoms with E-state index < -0.39 is 0 Å². The van der Waals surface area contributed by atoms with Crippen LogP contribution < -0.4 is 10.6 Å². The van der Waals surface area contributed by atoms with Gasteiger partial charge in [-0.05, 0) is 24.9 Å². The van der Waals surface area contributed by atoms with Crippen LogP contribution in [0.25, 0.3) is 10.2 Å². The number of carbonyl (C=O) groups is 1. The van der Waals surface area contributed by atoms with Crippen LogP contribution in [-0.4, -0.2) is 48.0 Å². The van der Waals surface area contributed by atoms with Gasteiger partial charge in [0.2, 0.25) is 5.91 Å². The van der Waals surface area contributed by atoms with Gasteiger partial charge in [0.25, 0.3) is 0 Å². The molecule has 114 valence electrons. The van der Waals surface area contributed by atoms with Crippen molar-refractivity contribution in [3.63, 3.8) is 0 Å². The van der Waals surface area contributed by atoms with Crippen molar-refractivity contribution in [1.29, 1.82) is 0 Å². The van der Waals surface area contributed by atoms with Gasteiger partial charge in [-0.1, -0.05) is 6.92 Å². The summed E-state index contributed by atoms with van der Waals surface area (Å²) >= 11 is 1.59. The third-order valence-electron chi connectivity index (χ3n) is 3.01. The van der Waals surface area contributed by atoms with Crippen LogP contribution in [0.1, 0.15) is 19.2 Å². The Morgan fingerprint density at radius 1 is 1.43 bits per heavy atom. The van der Waals surface area contributed by atoms with E-state index in [0.29, 0.717) is 19.6 Å². The zero-order valence-electron chi connectivity index (χ0n) is 12.6. The Bertz CT molecular complexity index is 612. The number of fused-ring (bicyclic) bond motifs is 1. The lowest BCUT2D eigenvalue weighted by Crippen LogP contribution is -2.35. The largest absolute Gasteiger partial charge is 0.372 e. The highest BCUT2D eigenvalue weighted by molar-refractivity contribution is 7.16. The summed E-state index contributed by atoms with van der Waals surface area (Å²) in [6.07, 6.45) is 0.944. The Morgan fingerprint density at radius 3 is 2.95 bits per heavy atom. The van der Waals surface area contributed by atoms with Gasteiger partial charge in [0.15, 0.2) is 0 Å². The highest BCUT2D eigenvalue weighted by atomic mass is 32.1. The van der Waals surface area contributed by atoms with Gasteiger partial charge in [-0.3, -0.25) is 9.69 Å². The van der Waals surface area contributed by atoms with Gasteiger partial charge < -0.3 is 10.6 Å². The summed E-state index contributed by atoms with van der Waals surface area (Å²) in [4.78, 5) is 23.6. The third kappa shape index (κ3) is 4.12. The molecule has 2 heterocycles. The Hall–Kier alpha value is -1.73. The number of hydrogen-bond acceptors (Lipinski definition) is 6. The molecule has 2 N–H and O–H groups in total. The summed E-state index contributed by atoms with van der Waals surface area (Å²) in [5.41, 5.74) is 0. The maximum atomic E-state index is 11.7. The third-order valence-corrected chi connectivity index (χ3v) is 3.81. The number of amides is 1. The van der Waals surface area contributed by atoms with Gasteiger partial charge in [0, 0.05) is 13.6 Å². The number of likely N-dealkylation sites (N-methyl/N-ethyl adjacent to an activating group) is 1. The number of nitrogens with zero attached hydrogens (tertiary/aromatic N) is 3. The fourth-order valence-electron chi connectivity index (χ4n) is 2.02. The van der Waals surface area contributed by atoms with Crippen LogP contribution in [0.2, 0.25) is 0 Å². The molecule has 0 aliphatic rings. The summed E-state index contributed by atoms with van der Waals surface area (Å²) in [5, 5.41) is 9.00. The molecule has 0 unspecified atom stereocenters. The van der Waals surface area contributed by atoms with Crippen molar-refractivity contribution in [3.05, 3.63) is 17.3 Å². The molecule has 0 fully saturated rings. The predicted octanol–water partition coefficient (Wildman–Crippen LogP) is 1.69. The average Bonchev–Trinajstić information content (AvgIpc) is 2.92. The van der Waals surface area contributed by atoms with Crippen LogP contribution in [0.5, 0.6) is 0 Å². The van der Waals surface area contributed by atoms with E-state index in [9.17, 15) is 4.79 Å². The standard InChI is InChI=1S/C14H21N5OS/c1-4-6-16-12(20)9-19(3)8-11-17-13(15-2)10-5-7-21-14(10)18-11/h5,7H,4,6,8-9H2,1-3H3,(H,16,20)(H,15,17,18). The number of rotatable bonds is 7. The minimum Gasteiger partial charge on any atom is -0.372 e. The van der Waals surface area contributed by atoms with E-state index in [1.54, 1.807) is 11.3 Å². The molecular weight excluding hydrogens is 286 g/mol. The quantitative estimate of drug-likeness (QED) is 0.814. The first-order valence-corrected chi connectivity index (χ1v) is 7.89. The number of aromatic nitrogens is 2. The van der Waals surface area contributed by atoms with Crippen molar-refractivity contribution >= 4 is 33.3 Å². The van der Waals surface area contributed by atoms with E-state index in [0.717, 1.165) is 28.3 Å². The van der Waals surface area contributed by atoms with Crippen LogP contribution >= 0.6 is 11.3 Å². The molecule has 0 spiro atoms. The summed E-state index contributed by atoms with van der Waals surface area (Å²) in [6.45, 7) is 3.64. The summed E-state index contributed by atoms with van der Waals surface area (Å²) in [7, 11) is 3.75. The second kappa shape index (κ2) is 7.33. The van der Waals surface area contributed by atoms with Crippen LogP contribution in [-0.2, 0) is 11.3 Å². The molecule has 2 aromatic heterocycles. The Balaban J connectivity index is 2.03. The van der Waals surface area contributed by atoms with Gasteiger partial charge >= 0.3 is 0 Å². The van der Waals surface area contributed by atoms with Crippen molar-refractivity contribution in [2.45, 2.75) is 19.9 Å². The van der Waals surface area contributed by atoms with Crippen molar-refractivity contribution < 1.29 is 4.79 Å². The molecule has 0 saturated heterocycles. The predicted molar refractivity (Wildman–Crippen MR) is 86.6 cm³/mol. The average molecular weight is 307 g/mol. The van der Waals surface area contributed by atoms with Gasteiger partial charge in [0.05, 0.1) is 18.5 Å².